The molecule has 0 saturated heterocycles. The lowest BCUT2D eigenvalue weighted by Crippen LogP contribution is -2.01. The second kappa shape index (κ2) is 9.24. The van der Waals surface area contributed by atoms with Gasteiger partial charge in [0.25, 0.3) is 0 Å². The van der Waals surface area contributed by atoms with Crippen LogP contribution in [0.1, 0.15) is 11.1 Å². The minimum atomic E-state index is 0.513. The Morgan fingerprint density at radius 1 is 0.429 bits per heavy atom. The van der Waals surface area contributed by atoms with Gasteiger partial charge in [0.2, 0.25) is 0 Å². The number of rotatable bonds is 3. The van der Waals surface area contributed by atoms with Gasteiger partial charge in [-0.3, -0.25) is 0 Å². The molecule has 0 N–H and O–H groups in total. The minimum Gasteiger partial charge on any atom is -0.309 e. The Hall–Kier alpha value is -6.10. The van der Waals surface area contributed by atoms with E-state index < -0.39 is 0 Å². The molecular weight excluding hydrogens is 512 g/mol. The second-order valence-electron chi connectivity index (χ2n) is 10.4. The highest BCUT2D eigenvalue weighted by atomic mass is 15.0. The van der Waals surface area contributed by atoms with Gasteiger partial charge in [0.05, 0.1) is 51.0 Å². The number of nitrogens with zero attached hydrogens (tertiary/aromatic N) is 4. The Balaban J connectivity index is 1.42. The summed E-state index contributed by atoms with van der Waals surface area (Å²) in [4.78, 5) is 0. The van der Waals surface area contributed by atoms with Gasteiger partial charge in [-0.2, -0.15) is 10.5 Å². The number of hydrogen-bond acceptors (Lipinski definition) is 2. The van der Waals surface area contributed by atoms with Gasteiger partial charge in [-0.15, -0.1) is 0 Å². The van der Waals surface area contributed by atoms with Gasteiger partial charge >= 0.3 is 0 Å². The second-order valence-corrected chi connectivity index (χ2v) is 10.4. The summed E-state index contributed by atoms with van der Waals surface area (Å²) in [5.74, 6) is 0. The molecule has 0 bridgehead atoms. The van der Waals surface area contributed by atoms with Crippen LogP contribution in [0.2, 0.25) is 0 Å². The molecular formula is C38H22N4. The molecule has 0 aliphatic heterocycles. The van der Waals surface area contributed by atoms with Crippen LogP contribution in [0.15, 0.2) is 133 Å². The van der Waals surface area contributed by atoms with E-state index in [1.165, 1.54) is 10.8 Å². The van der Waals surface area contributed by atoms with Crippen molar-refractivity contribution in [3.05, 3.63) is 145 Å². The van der Waals surface area contributed by atoms with Crippen molar-refractivity contribution in [2.75, 3.05) is 0 Å². The molecule has 194 valence electrons. The van der Waals surface area contributed by atoms with Crippen molar-refractivity contribution < 1.29 is 0 Å². The molecule has 0 atom stereocenters. The first-order valence-corrected chi connectivity index (χ1v) is 13.8. The van der Waals surface area contributed by atoms with Crippen molar-refractivity contribution >= 4 is 43.6 Å². The number of aromatic nitrogens is 2. The van der Waals surface area contributed by atoms with E-state index in [0.29, 0.717) is 11.1 Å². The average Bonchev–Trinajstić information content (AvgIpc) is 3.57. The van der Waals surface area contributed by atoms with Crippen LogP contribution in [-0.2, 0) is 0 Å². The number of hydrogen-bond donors (Lipinski definition) is 0. The molecule has 0 amide bonds. The fourth-order valence-corrected chi connectivity index (χ4v) is 6.47. The maximum atomic E-state index is 10.5. The summed E-state index contributed by atoms with van der Waals surface area (Å²) in [6, 6.07) is 49.9. The molecule has 0 aliphatic rings. The molecule has 0 aliphatic carbocycles. The average molecular weight is 535 g/mol. The Bertz CT molecular complexity index is 2340. The highest BCUT2D eigenvalue weighted by Gasteiger charge is 2.21. The summed E-state index contributed by atoms with van der Waals surface area (Å²) < 4.78 is 4.42. The third-order valence-electron chi connectivity index (χ3n) is 8.22. The summed E-state index contributed by atoms with van der Waals surface area (Å²) >= 11 is 0. The summed E-state index contributed by atoms with van der Waals surface area (Å²) in [5.41, 5.74) is 8.55. The lowest BCUT2D eigenvalue weighted by molar-refractivity contribution is 1.17. The van der Waals surface area contributed by atoms with E-state index in [1.54, 1.807) is 0 Å². The lowest BCUT2D eigenvalue weighted by Gasteiger charge is -2.17. The largest absolute Gasteiger partial charge is 0.309 e. The Morgan fingerprint density at radius 2 is 0.905 bits per heavy atom. The van der Waals surface area contributed by atoms with E-state index in [9.17, 15) is 10.5 Å². The number of para-hydroxylation sites is 4. The van der Waals surface area contributed by atoms with Crippen LogP contribution in [0.25, 0.3) is 66.1 Å². The maximum absolute atomic E-state index is 10.5. The molecule has 0 spiro atoms. The topological polar surface area (TPSA) is 57.4 Å². The molecule has 4 heteroatoms. The summed E-state index contributed by atoms with van der Waals surface area (Å²) in [7, 11) is 0. The van der Waals surface area contributed by atoms with Crippen molar-refractivity contribution in [2.24, 2.45) is 0 Å². The maximum Gasteiger partial charge on any atom is 0.0998 e. The Morgan fingerprint density at radius 3 is 1.40 bits per heavy atom. The molecule has 0 fully saturated rings. The lowest BCUT2D eigenvalue weighted by atomic mass is 9.93. The standard InChI is InChI=1S/C38H22N4/c39-23-25-10-9-19-37(42-35-17-7-3-13-31(35)32-14-4-8-18-36(32)42)38(25)28-21-20-27(22-26(28)24-40)41-33-15-5-1-11-29(33)30-12-2-6-16-34(30)41/h1-22H. The Kier molecular flexibility index (Phi) is 5.22. The number of benzene rings is 6. The molecule has 4 nitrogen and oxygen atoms in total. The fraction of sp³-hybridized carbons (Fsp3) is 0. The first-order chi connectivity index (χ1) is 20.8. The molecule has 2 aromatic heterocycles. The van der Waals surface area contributed by atoms with Gasteiger partial charge in [0.1, 0.15) is 0 Å². The molecule has 8 aromatic rings. The van der Waals surface area contributed by atoms with E-state index in [0.717, 1.165) is 55.3 Å². The van der Waals surface area contributed by atoms with Gasteiger partial charge in [-0.1, -0.05) is 84.9 Å². The minimum absolute atomic E-state index is 0.513. The quantitative estimate of drug-likeness (QED) is 0.227. The summed E-state index contributed by atoms with van der Waals surface area (Å²) in [5, 5.41) is 25.4. The zero-order valence-electron chi connectivity index (χ0n) is 22.5. The van der Waals surface area contributed by atoms with Crippen LogP contribution >= 0.6 is 0 Å². The van der Waals surface area contributed by atoms with Crippen molar-refractivity contribution in [3.8, 4) is 34.6 Å². The van der Waals surface area contributed by atoms with Gasteiger partial charge in [-0.05, 0) is 48.5 Å². The predicted octanol–water partition coefficient (Wildman–Crippen LogP) is 9.29. The fourth-order valence-electron chi connectivity index (χ4n) is 6.47. The normalized spacial score (nSPS) is 11.3. The highest BCUT2D eigenvalue weighted by Crippen LogP contribution is 2.40. The molecule has 42 heavy (non-hydrogen) atoms. The van der Waals surface area contributed by atoms with Gasteiger partial charge in [0, 0.05) is 38.4 Å². The molecule has 0 radical (unpaired) electrons. The van der Waals surface area contributed by atoms with Crippen LogP contribution in [0.5, 0.6) is 0 Å². The van der Waals surface area contributed by atoms with E-state index in [2.05, 4.69) is 88.0 Å². The van der Waals surface area contributed by atoms with Crippen molar-refractivity contribution in [1.29, 1.82) is 10.5 Å². The molecule has 6 aromatic carbocycles. The van der Waals surface area contributed by atoms with Crippen LogP contribution in [0.4, 0.5) is 0 Å². The first kappa shape index (κ1) is 23.8. The van der Waals surface area contributed by atoms with E-state index in [1.807, 2.05) is 66.7 Å². The smallest absolute Gasteiger partial charge is 0.0998 e. The van der Waals surface area contributed by atoms with Crippen LogP contribution in [0.3, 0.4) is 0 Å². The van der Waals surface area contributed by atoms with E-state index in [4.69, 9.17) is 0 Å². The van der Waals surface area contributed by atoms with E-state index in [-0.39, 0.29) is 0 Å². The van der Waals surface area contributed by atoms with Gasteiger partial charge < -0.3 is 9.13 Å². The third kappa shape index (κ3) is 3.33. The van der Waals surface area contributed by atoms with Gasteiger partial charge in [0.15, 0.2) is 0 Å². The predicted molar refractivity (Wildman–Crippen MR) is 170 cm³/mol. The van der Waals surface area contributed by atoms with Crippen LogP contribution in [0, 0.1) is 22.7 Å². The Labute approximate surface area is 242 Å². The van der Waals surface area contributed by atoms with Crippen molar-refractivity contribution in [2.45, 2.75) is 0 Å². The van der Waals surface area contributed by atoms with Crippen LogP contribution in [-0.4, -0.2) is 9.13 Å². The monoisotopic (exact) mass is 534 g/mol. The van der Waals surface area contributed by atoms with Crippen LogP contribution < -0.4 is 0 Å². The highest BCUT2D eigenvalue weighted by molar-refractivity contribution is 6.10. The van der Waals surface area contributed by atoms with Crippen molar-refractivity contribution in [1.82, 2.24) is 9.13 Å². The number of nitriles is 2. The summed E-state index contributed by atoms with van der Waals surface area (Å²) in [6.07, 6.45) is 0. The zero-order chi connectivity index (χ0) is 28.2. The van der Waals surface area contributed by atoms with Crippen molar-refractivity contribution in [3.63, 3.8) is 0 Å². The molecule has 2 heterocycles. The zero-order valence-corrected chi connectivity index (χ0v) is 22.5. The molecule has 0 unspecified atom stereocenters. The van der Waals surface area contributed by atoms with E-state index >= 15 is 0 Å². The molecule has 8 rings (SSSR count). The number of fused-ring (bicyclic) bond motifs is 6. The SMILES string of the molecule is N#Cc1cc(-n2c3ccccc3c3ccccc32)ccc1-c1c(C#N)cccc1-n1c2ccccc2c2ccccc21. The molecule has 0 saturated carbocycles. The summed E-state index contributed by atoms with van der Waals surface area (Å²) in [6.45, 7) is 0. The van der Waals surface area contributed by atoms with Gasteiger partial charge in [-0.25, -0.2) is 0 Å². The third-order valence-corrected chi connectivity index (χ3v) is 8.22. The first-order valence-electron chi connectivity index (χ1n) is 13.8.